The Labute approximate surface area is 198 Å². The summed E-state index contributed by atoms with van der Waals surface area (Å²) in [5, 5.41) is 2.77. The molecule has 1 saturated heterocycles. The normalized spacial score (nSPS) is 22.3. The predicted octanol–water partition coefficient (Wildman–Crippen LogP) is 3.08. The molecule has 2 aliphatic heterocycles. The Morgan fingerprint density at radius 2 is 2.09 bits per heavy atom. The van der Waals surface area contributed by atoms with E-state index in [1.165, 1.54) is 5.56 Å². The molecule has 0 aliphatic carbocycles. The Bertz CT molecular complexity index is 1210. The Hall–Kier alpha value is -3.52. The van der Waals surface area contributed by atoms with Crippen molar-refractivity contribution < 1.29 is 23.2 Å². The molecule has 0 radical (unpaired) electrons. The first-order valence-corrected chi connectivity index (χ1v) is 11.5. The number of benzene rings is 1. The molecule has 8 nitrogen and oxygen atoms in total. The van der Waals surface area contributed by atoms with Crippen LogP contribution < -0.4 is 15.8 Å². The van der Waals surface area contributed by atoms with Crippen LogP contribution in [-0.4, -0.2) is 43.5 Å². The van der Waals surface area contributed by atoms with E-state index in [1.807, 2.05) is 43.0 Å². The van der Waals surface area contributed by atoms with Gasteiger partial charge in [0.1, 0.15) is 29.1 Å². The predicted molar refractivity (Wildman–Crippen MR) is 125 cm³/mol. The standard InChI is InChI=1S/C26H29N3O5/c1-16-11-19(17(2)33-16)24(28-15-30)22-7-8-23(34-22)25(31)29-10-9-26(18(12-27)13-29)14-32-21-6-4-3-5-20(21)26/h3-8,11,15,18,24H,9-10,12-14,27H2,1-2H3,(H,28,30). The topological polar surface area (TPSA) is 111 Å². The fraction of sp³-hybridized carbons (Fsp3) is 0.385. The molecule has 8 heteroatoms. The summed E-state index contributed by atoms with van der Waals surface area (Å²) in [5.41, 5.74) is 8.01. The number of fused-ring (bicyclic) bond motifs is 2. The first-order chi connectivity index (χ1) is 16.5. The van der Waals surface area contributed by atoms with E-state index in [0.717, 1.165) is 23.5 Å². The molecule has 2 aromatic heterocycles. The molecule has 3 unspecified atom stereocenters. The third kappa shape index (κ3) is 3.58. The van der Waals surface area contributed by atoms with Crippen LogP contribution in [0.2, 0.25) is 0 Å². The number of carbonyl (C=O) groups excluding carboxylic acids is 2. The summed E-state index contributed by atoms with van der Waals surface area (Å²) in [5.74, 6) is 2.94. The van der Waals surface area contributed by atoms with Gasteiger partial charge in [0, 0.05) is 35.5 Å². The van der Waals surface area contributed by atoms with Crippen molar-refractivity contribution in [3.8, 4) is 5.75 Å². The molecule has 2 aliphatic rings. The summed E-state index contributed by atoms with van der Waals surface area (Å²) in [6, 6.07) is 12.8. The summed E-state index contributed by atoms with van der Waals surface area (Å²) in [4.78, 5) is 26.4. The molecule has 2 amide bonds. The van der Waals surface area contributed by atoms with E-state index in [0.29, 0.717) is 44.2 Å². The zero-order chi connectivity index (χ0) is 23.9. The number of furan rings is 2. The molecule has 4 heterocycles. The molecular formula is C26H29N3O5. The van der Waals surface area contributed by atoms with Crippen molar-refractivity contribution in [1.82, 2.24) is 10.2 Å². The van der Waals surface area contributed by atoms with Crippen LogP contribution >= 0.6 is 0 Å². The number of hydrogen-bond acceptors (Lipinski definition) is 6. The van der Waals surface area contributed by atoms with Gasteiger partial charge in [0.2, 0.25) is 6.41 Å². The zero-order valence-electron chi connectivity index (χ0n) is 19.4. The van der Waals surface area contributed by atoms with Crippen LogP contribution in [0.15, 0.2) is 51.3 Å². The van der Waals surface area contributed by atoms with Crippen molar-refractivity contribution in [2.45, 2.75) is 31.7 Å². The second-order valence-corrected chi connectivity index (χ2v) is 9.16. The van der Waals surface area contributed by atoms with Gasteiger partial charge in [-0.2, -0.15) is 0 Å². The molecule has 1 aromatic carbocycles. The number of para-hydroxylation sites is 1. The maximum absolute atomic E-state index is 13.4. The van der Waals surface area contributed by atoms with Crippen molar-refractivity contribution in [2.24, 2.45) is 11.7 Å². The van der Waals surface area contributed by atoms with Crippen LogP contribution in [0, 0.1) is 19.8 Å². The zero-order valence-corrected chi connectivity index (χ0v) is 19.4. The van der Waals surface area contributed by atoms with Crippen molar-refractivity contribution >= 4 is 12.3 Å². The lowest BCUT2D eigenvalue weighted by Crippen LogP contribution is -2.54. The van der Waals surface area contributed by atoms with E-state index < -0.39 is 6.04 Å². The average molecular weight is 464 g/mol. The second-order valence-electron chi connectivity index (χ2n) is 9.16. The van der Waals surface area contributed by atoms with Crippen LogP contribution in [0.1, 0.15) is 51.4 Å². The van der Waals surface area contributed by atoms with Crippen LogP contribution in [0.4, 0.5) is 0 Å². The molecule has 3 atom stereocenters. The summed E-state index contributed by atoms with van der Waals surface area (Å²) >= 11 is 0. The number of nitrogens with two attached hydrogens (primary N) is 1. The van der Waals surface area contributed by atoms with Gasteiger partial charge in [-0.05, 0) is 51.1 Å². The maximum Gasteiger partial charge on any atom is 0.289 e. The van der Waals surface area contributed by atoms with E-state index in [9.17, 15) is 9.59 Å². The molecule has 1 spiro atoms. The lowest BCUT2D eigenvalue weighted by molar-refractivity contribution is -0.110. The van der Waals surface area contributed by atoms with Crippen molar-refractivity contribution in [1.29, 1.82) is 0 Å². The maximum atomic E-state index is 13.4. The third-order valence-electron chi connectivity index (χ3n) is 7.28. The van der Waals surface area contributed by atoms with E-state index in [1.54, 1.807) is 12.1 Å². The summed E-state index contributed by atoms with van der Waals surface area (Å²) in [6.45, 7) is 5.83. The molecule has 3 aromatic rings. The van der Waals surface area contributed by atoms with Crippen LogP contribution in [0.25, 0.3) is 0 Å². The minimum absolute atomic E-state index is 0.0734. The Balaban J connectivity index is 1.36. The molecule has 0 saturated carbocycles. The fourth-order valence-electron chi connectivity index (χ4n) is 5.50. The average Bonchev–Trinajstić information content (AvgIpc) is 3.56. The van der Waals surface area contributed by atoms with Gasteiger partial charge in [-0.15, -0.1) is 0 Å². The fourth-order valence-corrected chi connectivity index (χ4v) is 5.50. The van der Waals surface area contributed by atoms with Gasteiger partial charge in [0.05, 0.1) is 6.61 Å². The summed E-state index contributed by atoms with van der Waals surface area (Å²) < 4.78 is 17.6. The highest BCUT2D eigenvalue weighted by molar-refractivity contribution is 5.91. The van der Waals surface area contributed by atoms with E-state index in [-0.39, 0.29) is 23.0 Å². The van der Waals surface area contributed by atoms with E-state index >= 15 is 0 Å². The molecule has 178 valence electrons. The van der Waals surface area contributed by atoms with Crippen LogP contribution in [0.3, 0.4) is 0 Å². The summed E-state index contributed by atoms with van der Waals surface area (Å²) in [6.07, 6.45) is 1.39. The Kier molecular flexibility index (Phi) is 5.69. The molecule has 1 fully saturated rings. The van der Waals surface area contributed by atoms with Crippen LogP contribution in [0.5, 0.6) is 5.75 Å². The number of likely N-dealkylation sites (tertiary alicyclic amines) is 1. The minimum atomic E-state index is -0.537. The highest BCUT2D eigenvalue weighted by atomic mass is 16.5. The molecular weight excluding hydrogens is 434 g/mol. The number of aryl methyl sites for hydroxylation is 2. The summed E-state index contributed by atoms with van der Waals surface area (Å²) in [7, 11) is 0. The van der Waals surface area contributed by atoms with Crippen molar-refractivity contribution in [3.63, 3.8) is 0 Å². The minimum Gasteiger partial charge on any atom is -0.492 e. The van der Waals surface area contributed by atoms with Crippen LogP contribution in [-0.2, 0) is 10.2 Å². The third-order valence-corrected chi connectivity index (χ3v) is 7.28. The number of ether oxygens (including phenoxy) is 1. The van der Waals surface area contributed by atoms with E-state index in [4.69, 9.17) is 19.3 Å². The van der Waals surface area contributed by atoms with Gasteiger partial charge >= 0.3 is 0 Å². The van der Waals surface area contributed by atoms with E-state index in [2.05, 4.69) is 11.4 Å². The van der Waals surface area contributed by atoms with Gasteiger partial charge in [-0.3, -0.25) is 9.59 Å². The Morgan fingerprint density at radius 3 is 2.82 bits per heavy atom. The molecule has 5 rings (SSSR count). The quantitative estimate of drug-likeness (QED) is 0.544. The van der Waals surface area contributed by atoms with Gasteiger partial charge in [-0.1, -0.05) is 18.2 Å². The molecule has 3 N–H and O–H groups in total. The van der Waals surface area contributed by atoms with Gasteiger partial charge < -0.3 is 29.5 Å². The van der Waals surface area contributed by atoms with Gasteiger partial charge in [0.15, 0.2) is 5.76 Å². The molecule has 34 heavy (non-hydrogen) atoms. The smallest absolute Gasteiger partial charge is 0.289 e. The number of piperidine rings is 1. The molecule has 0 bridgehead atoms. The number of nitrogens with zero attached hydrogens (tertiary/aromatic N) is 1. The first-order valence-electron chi connectivity index (χ1n) is 11.5. The number of hydrogen-bond donors (Lipinski definition) is 2. The number of carbonyl (C=O) groups is 2. The highest BCUT2D eigenvalue weighted by Crippen LogP contribution is 2.48. The first kappa shape index (κ1) is 22.3. The second kappa shape index (κ2) is 8.68. The number of amides is 2. The Morgan fingerprint density at radius 1 is 1.26 bits per heavy atom. The lowest BCUT2D eigenvalue weighted by atomic mass is 9.67. The lowest BCUT2D eigenvalue weighted by Gasteiger charge is -2.44. The van der Waals surface area contributed by atoms with Crippen molar-refractivity contribution in [3.05, 3.63) is 76.6 Å². The number of rotatable bonds is 6. The monoisotopic (exact) mass is 463 g/mol. The SMILES string of the molecule is Cc1cc(C(NC=O)c2ccc(C(=O)N3CCC4(COc5ccccc54)C(CN)C3)o2)c(C)o1. The van der Waals surface area contributed by atoms with Gasteiger partial charge in [-0.25, -0.2) is 0 Å². The largest absolute Gasteiger partial charge is 0.492 e. The number of nitrogens with one attached hydrogen (secondary N) is 1. The van der Waals surface area contributed by atoms with Gasteiger partial charge in [0.25, 0.3) is 5.91 Å². The highest BCUT2D eigenvalue weighted by Gasteiger charge is 2.50. The van der Waals surface area contributed by atoms with Crippen molar-refractivity contribution in [2.75, 3.05) is 26.2 Å².